The molecule has 2 N–H and O–H groups in total. The lowest BCUT2D eigenvalue weighted by molar-refractivity contribution is 0.281. The number of hydrogen-bond donors (Lipinski definition) is 2. The van der Waals surface area contributed by atoms with Crippen LogP contribution in [0.15, 0.2) is 85.0 Å². The lowest BCUT2D eigenvalue weighted by atomic mass is 10.1. The highest BCUT2D eigenvalue weighted by molar-refractivity contribution is 5.58. The second-order valence-electron chi connectivity index (χ2n) is 7.00. The van der Waals surface area contributed by atoms with Crippen LogP contribution in [0.4, 0.5) is 11.4 Å². The Balaban J connectivity index is 1.81. The number of allylic oxidation sites excluding steroid dienone is 6. The van der Waals surface area contributed by atoms with Crippen molar-refractivity contribution in [2.45, 2.75) is 0 Å². The van der Waals surface area contributed by atoms with Crippen LogP contribution in [0, 0.1) is 0 Å². The zero-order valence-electron chi connectivity index (χ0n) is 17.9. The van der Waals surface area contributed by atoms with E-state index in [9.17, 15) is 0 Å². The number of aliphatic hydroxyl groups is 2. The standard InChI is InChI=1S/C26H32N2O2/c1-27(2)25-15-11-23(12-16-25)9-7-5-3-4-6-8-10-24-13-17-26(18-14-24)28(19-21-29)20-22-30/h3-18,29-30H,19-22H2,1-2H3/b5-3+,6-4+,9-7+,10-8+. The van der Waals surface area contributed by atoms with Crippen molar-refractivity contribution in [3.8, 4) is 0 Å². The summed E-state index contributed by atoms with van der Waals surface area (Å²) in [5.74, 6) is 0. The summed E-state index contributed by atoms with van der Waals surface area (Å²) in [6.45, 7) is 1.16. The Hall–Kier alpha value is -3.08. The van der Waals surface area contributed by atoms with Crippen LogP contribution in [0.3, 0.4) is 0 Å². The minimum absolute atomic E-state index is 0.0674. The third kappa shape index (κ3) is 8.11. The third-order valence-electron chi connectivity index (χ3n) is 4.54. The van der Waals surface area contributed by atoms with Gasteiger partial charge in [-0.05, 0) is 35.4 Å². The summed E-state index contributed by atoms with van der Waals surface area (Å²) < 4.78 is 0. The van der Waals surface area contributed by atoms with Crippen molar-refractivity contribution < 1.29 is 10.2 Å². The van der Waals surface area contributed by atoms with Crippen molar-refractivity contribution in [3.63, 3.8) is 0 Å². The fourth-order valence-corrected chi connectivity index (χ4v) is 2.88. The van der Waals surface area contributed by atoms with Gasteiger partial charge in [-0.2, -0.15) is 0 Å². The Morgan fingerprint density at radius 3 is 1.40 bits per heavy atom. The van der Waals surface area contributed by atoms with Crippen LogP contribution in [0.2, 0.25) is 0 Å². The molecule has 4 heteroatoms. The van der Waals surface area contributed by atoms with Gasteiger partial charge < -0.3 is 20.0 Å². The van der Waals surface area contributed by atoms with E-state index in [0.29, 0.717) is 13.1 Å². The SMILES string of the molecule is CN(C)c1ccc(/C=C/C=C/C=C/C=C/c2ccc(N(CCO)CCO)cc2)cc1. The maximum Gasteiger partial charge on any atom is 0.0606 e. The quantitative estimate of drug-likeness (QED) is 0.546. The first kappa shape index (κ1) is 23.2. The molecule has 0 atom stereocenters. The van der Waals surface area contributed by atoms with Gasteiger partial charge in [-0.3, -0.25) is 0 Å². The average Bonchev–Trinajstić information content (AvgIpc) is 2.76. The highest BCUT2D eigenvalue weighted by Gasteiger charge is 2.04. The van der Waals surface area contributed by atoms with Crippen LogP contribution in [0.5, 0.6) is 0 Å². The van der Waals surface area contributed by atoms with Crippen LogP contribution in [0.1, 0.15) is 11.1 Å². The Morgan fingerprint density at radius 1 is 0.600 bits per heavy atom. The predicted octanol–water partition coefficient (Wildman–Crippen LogP) is 4.38. The van der Waals surface area contributed by atoms with Gasteiger partial charge in [-0.15, -0.1) is 0 Å². The molecule has 4 nitrogen and oxygen atoms in total. The van der Waals surface area contributed by atoms with E-state index in [4.69, 9.17) is 10.2 Å². The number of nitrogens with zero attached hydrogens (tertiary/aromatic N) is 2. The van der Waals surface area contributed by atoms with Gasteiger partial charge in [-0.1, -0.05) is 72.9 Å². The van der Waals surface area contributed by atoms with Gasteiger partial charge in [0.05, 0.1) is 13.2 Å². The molecule has 0 aliphatic rings. The zero-order valence-corrected chi connectivity index (χ0v) is 17.9. The van der Waals surface area contributed by atoms with E-state index in [1.807, 2.05) is 85.8 Å². The Bertz CT molecular complexity index is 842. The highest BCUT2D eigenvalue weighted by atomic mass is 16.3. The van der Waals surface area contributed by atoms with Gasteiger partial charge >= 0.3 is 0 Å². The fraction of sp³-hybridized carbons (Fsp3) is 0.231. The fourth-order valence-electron chi connectivity index (χ4n) is 2.88. The highest BCUT2D eigenvalue weighted by Crippen LogP contribution is 2.16. The van der Waals surface area contributed by atoms with Crippen LogP contribution in [-0.2, 0) is 0 Å². The van der Waals surface area contributed by atoms with Gasteiger partial charge in [0.1, 0.15) is 0 Å². The maximum atomic E-state index is 9.13. The van der Waals surface area contributed by atoms with Gasteiger partial charge in [0.2, 0.25) is 0 Å². The molecule has 2 aromatic rings. The van der Waals surface area contributed by atoms with Crippen molar-refractivity contribution in [1.82, 2.24) is 0 Å². The molecule has 0 spiro atoms. The average molecular weight is 405 g/mol. The molecule has 0 amide bonds. The minimum Gasteiger partial charge on any atom is -0.395 e. The van der Waals surface area contributed by atoms with Crippen LogP contribution >= 0.6 is 0 Å². The number of benzene rings is 2. The lowest BCUT2D eigenvalue weighted by Gasteiger charge is -2.22. The van der Waals surface area contributed by atoms with Gasteiger partial charge in [0, 0.05) is 38.6 Å². The van der Waals surface area contributed by atoms with E-state index in [1.165, 1.54) is 11.3 Å². The monoisotopic (exact) mass is 404 g/mol. The largest absolute Gasteiger partial charge is 0.395 e. The smallest absolute Gasteiger partial charge is 0.0606 e. The molecule has 30 heavy (non-hydrogen) atoms. The minimum atomic E-state index is 0.0674. The number of rotatable bonds is 11. The summed E-state index contributed by atoms with van der Waals surface area (Å²) >= 11 is 0. The molecule has 2 aromatic carbocycles. The van der Waals surface area contributed by atoms with Crippen molar-refractivity contribution >= 4 is 23.5 Å². The Kier molecular flexibility index (Phi) is 10.2. The normalized spacial score (nSPS) is 12.0. The molecule has 0 bridgehead atoms. The summed E-state index contributed by atoms with van der Waals surface area (Å²) in [4.78, 5) is 4.05. The molecule has 0 saturated heterocycles. The maximum absolute atomic E-state index is 9.13. The summed E-state index contributed by atoms with van der Waals surface area (Å²) in [5.41, 5.74) is 4.46. The molecule has 0 saturated carbocycles. The molecular formula is C26H32N2O2. The lowest BCUT2D eigenvalue weighted by Crippen LogP contribution is -2.29. The van der Waals surface area contributed by atoms with Gasteiger partial charge in [0.25, 0.3) is 0 Å². The first-order valence-electron chi connectivity index (χ1n) is 10.2. The number of hydrogen-bond acceptors (Lipinski definition) is 4. The molecule has 0 unspecified atom stereocenters. The molecule has 2 rings (SSSR count). The molecule has 0 fully saturated rings. The van der Waals surface area contributed by atoms with Crippen molar-refractivity contribution in [2.75, 3.05) is 50.2 Å². The molecular weight excluding hydrogens is 372 g/mol. The molecule has 0 heterocycles. The summed E-state index contributed by atoms with van der Waals surface area (Å²) in [5, 5.41) is 18.3. The molecule has 0 radical (unpaired) electrons. The Morgan fingerprint density at radius 2 is 1.00 bits per heavy atom. The molecule has 0 aromatic heterocycles. The van der Waals surface area contributed by atoms with Crippen LogP contribution in [-0.4, -0.2) is 50.6 Å². The van der Waals surface area contributed by atoms with E-state index in [2.05, 4.69) is 35.2 Å². The summed E-state index contributed by atoms with van der Waals surface area (Å²) in [7, 11) is 4.07. The van der Waals surface area contributed by atoms with E-state index in [-0.39, 0.29) is 13.2 Å². The summed E-state index contributed by atoms with van der Waals surface area (Å²) in [6, 6.07) is 16.5. The summed E-state index contributed by atoms with van der Waals surface area (Å²) in [6.07, 6.45) is 16.2. The van der Waals surface area contributed by atoms with Crippen molar-refractivity contribution in [2.24, 2.45) is 0 Å². The third-order valence-corrected chi connectivity index (χ3v) is 4.54. The predicted molar refractivity (Wildman–Crippen MR) is 130 cm³/mol. The topological polar surface area (TPSA) is 46.9 Å². The molecule has 158 valence electrons. The second-order valence-corrected chi connectivity index (χ2v) is 7.00. The van der Waals surface area contributed by atoms with Crippen LogP contribution in [0.25, 0.3) is 12.2 Å². The first-order valence-corrected chi connectivity index (χ1v) is 10.2. The number of aliphatic hydroxyl groups excluding tert-OH is 2. The van der Waals surface area contributed by atoms with E-state index < -0.39 is 0 Å². The van der Waals surface area contributed by atoms with Crippen molar-refractivity contribution in [1.29, 1.82) is 0 Å². The van der Waals surface area contributed by atoms with E-state index in [1.54, 1.807) is 0 Å². The molecule has 0 aliphatic heterocycles. The van der Waals surface area contributed by atoms with Crippen molar-refractivity contribution in [3.05, 3.63) is 96.1 Å². The van der Waals surface area contributed by atoms with Gasteiger partial charge in [-0.25, -0.2) is 0 Å². The van der Waals surface area contributed by atoms with E-state index >= 15 is 0 Å². The van der Waals surface area contributed by atoms with Gasteiger partial charge in [0.15, 0.2) is 0 Å². The first-order chi connectivity index (χ1) is 14.6. The molecule has 0 aliphatic carbocycles. The zero-order chi connectivity index (χ0) is 21.6. The van der Waals surface area contributed by atoms with Crippen LogP contribution < -0.4 is 9.80 Å². The Labute approximate surface area is 180 Å². The number of anilines is 2. The second kappa shape index (κ2) is 13.2. The van der Waals surface area contributed by atoms with E-state index in [0.717, 1.165) is 11.3 Å².